The van der Waals surface area contributed by atoms with Gasteiger partial charge in [-0.25, -0.2) is 0 Å². The van der Waals surface area contributed by atoms with Gasteiger partial charge in [0.15, 0.2) is 0 Å². The van der Waals surface area contributed by atoms with Crippen LogP contribution in [0.1, 0.15) is 31.2 Å². The van der Waals surface area contributed by atoms with Gasteiger partial charge in [-0.15, -0.1) is 0 Å². The molecule has 0 spiro atoms. The summed E-state index contributed by atoms with van der Waals surface area (Å²) >= 11 is 0. The van der Waals surface area contributed by atoms with Crippen LogP contribution in [0.3, 0.4) is 0 Å². The van der Waals surface area contributed by atoms with E-state index >= 15 is 0 Å². The van der Waals surface area contributed by atoms with Gasteiger partial charge in [0.25, 0.3) is 0 Å². The molecule has 1 aromatic rings. The van der Waals surface area contributed by atoms with Crippen LogP contribution in [0.25, 0.3) is 0 Å². The molecule has 1 aromatic carbocycles. The van der Waals surface area contributed by atoms with Crippen molar-refractivity contribution in [2.75, 3.05) is 7.11 Å². The molecular weight excluding hydrogens is 238 g/mol. The molecule has 0 amide bonds. The quantitative estimate of drug-likeness (QED) is 0.603. The van der Waals surface area contributed by atoms with E-state index in [1.54, 1.807) is 0 Å². The molecule has 102 valence electrons. The SMILES string of the molecule is COC(=O)C(CC(=N)Cc1ccccc1)CC1CC1. The fraction of sp³-hybridized carbons (Fsp3) is 0.500. The van der Waals surface area contributed by atoms with Crippen molar-refractivity contribution in [3.05, 3.63) is 35.9 Å². The highest BCUT2D eigenvalue weighted by Crippen LogP contribution is 2.36. The Morgan fingerprint density at radius 3 is 2.63 bits per heavy atom. The van der Waals surface area contributed by atoms with Crippen molar-refractivity contribution in [1.29, 1.82) is 5.41 Å². The van der Waals surface area contributed by atoms with Crippen LogP contribution in [0.15, 0.2) is 30.3 Å². The fourth-order valence-corrected chi connectivity index (χ4v) is 2.40. The van der Waals surface area contributed by atoms with Crippen molar-refractivity contribution in [3.8, 4) is 0 Å². The molecule has 3 heteroatoms. The molecule has 1 fully saturated rings. The van der Waals surface area contributed by atoms with E-state index in [0.29, 0.717) is 24.5 Å². The monoisotopic (exact) mass is 259 g/mol. The van der Waals surface area contributed by atoms with Gasteiger partial charge in [0.05, 0.1) is 13.0 Å². The van der Waals surface area contributed by atoms with E-state index in [4.69, 9.17) is 10.1 Å². The molecule has 1 aliphatic carbocycles. The van der Waals surface area contributed by atoms with Crippen LogP contribution in [0, 0.1) is 17.2 Å². The van der Waals surface area contributed by atoms with Crippen molar-refractivity contribution in [1.82, 2.24) is 0 Å². The molecule has 0 bridgehead atoms. The first-order valence-electron chi connectivity index (χ1n) is 6.87. The fourth-order valence-electron chi connectivity index (χ4n) is 2.40. The molecular formula is C16H21NO2. The minimum Gasteiger partial charge on any atom is -0.469 e. The van der Waals surface area contributed by atoms with Gasteiger partial charge in [0.2, 0.25) is 0 Å². The molecule has 2 rings (SSSR count). The second-order valence-electron chi connectivity index (χ2n) is 5.37. The van der Waals surface area contributed by atoms with Gasteiger partial charge >= 0.3 is 5.97 Å². The maximum Gasteiger partial charge on any atom is 0.309 e. The van der Waals surface area contributed by atoms with E-state index in [1.165, 1.54) is 20.0 Å². The highest BCUT2D eigenvalue weighted by Gasteiger charge is 2.30. The average molecular weight is 259 g/mol. The summed E-state index contributed by atoms with van der Waals surface area (Å²) in [5, 5.41) is 8.08. The third-order valence-electron chi connectivity index (χ3n) is 3.60. The Morgan fingerprint density at radius 1 is 1.37 bits per heavy atom. The van der Waals surface area contributed by atoms with Crippen LogP contribution >= 0.6 is 0 Å². The van der Waals surface area contributed by atoms with E-state index in [0.717, 1.165) is 12.0 Å². The van der Waals surface area contributed by atoms with Gasteiger partial charge in [0.1, 0.15) is 0 Å². The van der Waals surface area contributed by atoms with E-state index in [-0.39, 0.29) is 11.9 Å². The highest BCUT2D eigenvalue weighted by atomic mass is 16.5. The lowest BCUT2D eigenvalue weighted by Gasteiger charge is -2.14. The van der Waals surface area contributed by atoms with E-state index < -0.39 is 0 Å². The standard InChI is InChI=1S/C16H21NO2/c1-19-16(18)14(9-13-7-8-13)11-15(17)10-12-5-3-2-4-6-12/h2-6,13-14,17H,7-11H2,1H3. The molecule has 0 heterocycles. The van der Waals surface area contributed by atoms with Crippen LogP contribution in [0.4, 0.5) is 0 Å². The number of nitrogens with one attached hydrogen (secondary N) is 1. The number of carbonyl (C=O) groups excluding carboxylic acids is 1. The Kier molecular flexibility index (Phi) is 4.72. The van der Waals surface area contributed by atoms with Crippen LogP contribution in [-0.4, -0.2) is 18.8 Å². The summed E-state index contributed by atoms with van der Waals surface area (Å²) in [6, 6.07) is 9.96. The predicted molar refractivity (Wildman–Crippen MR) is 75.3 cm³/mol. The van der Waals surface area contributed by atoms with Gasteiger partial charge in [-0.1, -0.05) is 43.2 Å². The first-order chi connectivity index (χ1) is 9.19. The lowest BCUT2D eigenvalue weighted by Crippen LogP contribution is -2.21. The molecule has 1 aliphatic rings. The summed E-state index contributed by atoms with van der Waals surface area (Å²) in [6.45, 7) is 0. The Morgan fingerprint density at radius 2 is 2.05 bits per heavy atom. The Labute approximate surface area is 114 Å². The van der Waals surface area contributed by atoms with Crippen molar-refractivity contribution in [2.45, 2.75) is 32.1 Å². The van der Waals surface area contributed by atoms with Crippen molar-refractivity contribution >= 4 is 11.7 Å². The number of hydrogen-bond acceptors (Lipinski definition) is 3. The number of hydrogen-bond donors (Lipinski definition) is 1. The van der Waals surface area contributed by atoms with Crippen molar-refractivity contribution < 1.29 is 9.53 Å². The lowest BCUT2D eigenvalue weighted by atomic mass is 9.93. The summed E-state index contributed by atoms with van der Waals surface area (Å²) in [5.74, 6) is 0.382. The summed E-state index contributed by atoms with van der Waals surface area (Å²) < 4.78 is 4.86. The van der Waals surface area contributed by atoms with Gasteiger partial charge in [-0.2, -0.15) is 0 Å². The second-order valence-corrected chi connectivity index (χ2v) is 5.37. The molecule has 0 aliphatic heterocycles. The third-order valence-corrected chi connectivity index (χ3v) is 3.60. The third kappa shape index (κ3) is 4.51. The Balaban J connectivity index is 1.88. The van der Waals surface area contributed by atoms with Gasteiger partial charge < -0.3 is 10.1 Å². The van der Waals surface area contributed by atoms with E-state index in [1.807, 2.05) is 30.3 Å². The normalized spacial score (nSPS) is 15.8. The largest absolute Gasteiger partial charge is 0.469 e. The number of methoxy groups -OCH3 is 1. The maximum atomic E-state index is 11.7. The minimum absolute atomic E-state index is 0.131. The van der Waals surface area contributed by atoms with E-state index in [9.17, 15) is 4.79 Å². The smallest absolute Gasteiger partial charge is 0.309 e. The predicted octanol–water partition coefficient (Wildman–Crippen LogP) is 3.23. The van der Waals surface area contributed by atoms with Crippen LogP contribution in [0.2, 0.25) is 0 Å². The number of esters is 1. The van der Waals surface area contributed by atoms with Crippen LogP contribution < -0.4 is 0 Å². The van der Waals surface area contributed by atoms with Crippen molar-refractivity contribution in [3.63, 3.8) is 0 Å². The zero-order chi connectivity index (χ0) is 13.7. The molecule has 0 saturated heterocycles. The Bertz CT molecular complexity index is 437. The lowest BCUT2D eigenvalue weighted by molar-refractivity contribution is -0.145. The molecule has 3 nitrogen and oxygen atoms in total. The number of ether oxygens (including phenoxy) is 1. The Hall–Kier alpha value is -1.64. The first-order valence-corrected chi connectivity index (χ1v) is 6.87. The summed E-state index contributed by atoms with van der Waals surface area (Å²) in [6.07, 6.45) is 4.47. The molecule has 19 heavy (non-hydrogen) atoms. The molecule has 1 unspecified atom stereocenters. The number of carbonyl (C=O) groups is 1. The summed E-state index contributed by atoms with van der Waals surface area (Å²) in [7, 11) is 1.43. The van der Waals surface area contributed by atoms with Crippen LogP contribution in [0.5, 0.6) is 0 Å². The van der Waals surface area contributed by atoms with Gasteiger partial charge in [-0.3, -0.25) is 4.79 Å². The number of benzene rings is 1. The molecule has 1 atom stereocenters. The topological polar surface area (TPSA) is 50.2 Å². The molecule has 1 saturated carbocycles. The summed E-state index contributed by atoms with van der Waals surface area (Å²) in [5.41, 5.74) is 1.74. The average Bonchev–Trinajstić information content (AvgIpc) is 3.22. The second kappa shape index (κ2) is 6.50. The van der Waals surface area contributed by atoms with Gasteiger partial charge in [0, 0.05) is 12.1 Å². The van der Waals surface area contributed by atoms with Crippen LogP contribution in [-0.2, 0) is 16.0 Å². The maximum absolute atomic E-state index is 11.7. The molecule has 1 N–H and O–H groups in total. The minimum atomic E-state index is -0.162. The zero-order valence-corrected chi connectivity index (χ0v) is 11.4. The molecule has 0 radical (unpaired) electrons. The van der Waals surface area contributed by atoms with Gasteiger partial charge in [-0.05, 0) is 24.3 Å². The zero-order valence-electron chi connectivity index (χ0n) is 11.4. The summed E-state index contributed by atoms with van der Waals surface area (Å²) in [4.78, 5) is 11.7. The first kappa shape index (κ1) is 13.8. The van der Waals surface area contributed by atoms with Crippen molar-refractivity contribution in [2.24, 2.45) is 11.8 Å². The molecule has 0 aromatic heterocycles. The number of rotatable bonds is 7. The van der Waals surface area contributed by atoms with E-state index in [2.05, 4.69) is 0 Å². The highest BCUT2D eigenvalue weighted by molar-refractivity contribution is 5.87.